The van der Waals surface area contributed by atoms with Crippen LogP contribution in [0.5, 0.6) is 0 Å². The first-order valence-corrected chi connectivity index (χ1v) is 8.77. The highest BCUT2D eigenvalue weighted by Gasteiger charge is 2.38. The van der Waals surface area contributed by atoms with Crippen LogP contribution in [0.4, 0.5) is 0 Å². The first kappa shape index (κ1) is 16.5. The van der Waals surface area contributed by atoms with Gasteiger partial charge in [0, 0.05) is 18.1 Å². The number of aryl methyl sites for hydroxylation is 1. The molecule has 1 aromatic rings. The zero-order valence-electron chi connectivity index (χ0n) is 13.5. The second-order valence-corrected chi connectivity index (χ2v) is 8.47. The average molecular weight is 311 g/mol. The van der Waals surface area contributed by atoms with Gasteiger partial charge < -0.3 is 0 Å². The number of hydrogen-bond donors (Lipinski definition) is 0. The lowest BCUT2D eigenvalue weighted by Crippen LogP contribution is -2.43. The van der Waals surface area contributed by atoms with E-state index in [9.17, 15) is 8.42 Å². The average Bonchev–Trinajstić information content (AvgIpc) is 2.69. The van der Waals surface area contributed by atoms with Crippen molar-refractivity contribution in [3.63, 3.8) is 0 Å². The van der Waals surface area contributed by atoms with E-state index in [1.165, 1.54) is 0 Å². The Balaban J connectivity index is 2.10. The predicted molar refractivity (Wildman–Crippen MR) is 83.8 cm³/mol. The monoisotopic (exact) mass is 311 g/mol. The summed E-state index contributed by atoms with van der Waals surface area (Å²) < 4.78 is 30.1. The van der Waals surface area contributed by atoms with Crippen LogP contribution in [0.15, 0.2) is 29.2 Å². The largest absolute Gasteiger partial charge is 0.297 e. The van der Waals surface area contributed by atoms with Gasteiger partial charge in [-0.1, -0.05) is 17.7 Å². The minimum absolute atomic E-state index is 0.0190. The molecule has 0 unspecified atom stereocenters. The zero-order chi connectivity index (χ0) is 15.8. The van der Waals surface area contributed by atoms with Crippen molar-refractivity contribution < 1.29 is 12.6 Å². The maximum Gasteiger partial charge on any atom is 0.297 e. The van der Waals surface area contributed by atoms with Crippen LogP contribution >= 0.6 is 0 Å². The van der Waals surface area contributed by atoms with Crippen LogP contribution in [0.3, 0.4) is 0 Å². The van der Waals surface area contributed by atoms with E-state index in [-0.39, 0.29) is 16.5 Å². The molecule has 0 N–H and O–H groups in total. The van der Waals surface area contributed by atoms with Crippen molar-refractivity contribution in [2.24, 2.45) is 0 Å². The van der Waals surface area contributed by atoms with Crippen molar-refractivity contribution in [2.45, 2.75) is 63.6 Å². The van der Waals surface area contributed by atoms with Crippen LogP contribution in [-0.4, -0.2) is 37.5 Å². The van der Waals surface area contributed by atoms with E-state index >= 15 is 0 Å². The number of likely N-dealkylation sites (tertiary alicyclic amines) is 1. The second kappa shape index (κ2) is 5.71. The summed E-state index contributed by atoms with van der Waals surface area (Å²) in [6, 6.07) is 7.10. The Kier molecular flexibility index (Phi) is 4.47. The molecule has 1 aliphatic rings. The lowest BCUT2D eigenvalue weighted by Gasteiger charge is -2.35. The van der Waals surface area contributed by atoms with Gasteiger partial charge in [0.05, 0.1) is 11.0 Å². The highest BCUT2D eigenvalue weighted by Crippen LogP contribution is 2.29. The lowest BCUT2D eigenvalue weighted by atomic mass is 10.1. The van der Waals surface area contributed by atoms with Crippen molar-refractivity contribution >= 4 is 10.1 Å². The van der Waals surface area contributed by atoms with Gasteiger partial charge in [0.1, 0.15) is 0 Å². The minimum Gasteiger partial charge on any atom is -0.293 e. The highest BCUT2D eigenvalue weighted by atomic mass is 32.2. The molecule has 2 atom stereocenters. The van der Waals surface area contributed by atoms with Crippen molar-refractivity contribution in [2.75, 3.05) is 6.54 Å². The van der Waals surface area contributed by atoms with Crippen molar-refractivity contribution in [3.05, 3.63) is 29.8 Å². The van der Waals surface area contributed by atoms with Crippen molar-refractivity contribution in [3.8, 4) is 0 Å². The summed E-state index contributed by atoms with van der Waals surface area (Å²) in [5, 5.41) is 0. The maximum absolute atomic E-state index is 12.3. The van der Waals surface area contributed by atoms with Gasteiger partial charge in [-0.3, -0.25) is 9.08 Å². The molecule has 1 heterocycles. The summed E-state index contributed by atoms with van der Waals surface area (Å²) in [5.41, 5.74) is 1.05. The molecular weight excluding hydrogens is 286 g/mol. The maximum atomic E-state index is 12.3. The van der Waals surface area contributed by atoms with E-state index in [2.05, 4.69) is 32.6 Å². The lowest BCUT2D eigenvalue weighted by molar-refractivity contribution is 0.116. The molecule has 1 aliphatic heterocycles. The summed E-state index contributed by atoms with van der Waals surface area (Å²) in [6.07, 6.45) is 0.466. The Labute approximate surface area is 128 Å². The highest BCUT2D eigenvalue weighted by molar-refractivity contribution is 7.86. The van der Waals surface area contributed by atoms with Gasteiger partial charge in [-0.05, 0) is 53.2 Å². The molecule has 118 valence electrons. The van der Waals surface area contributed by atoms with Crippen LogP contribution in [0, 0.1) is 6.92 Å². The molecule has 1 aromatic carbocycles. The molecule has 0 aromatic heterocycles. The van der Waals surface area contributed by atoms with Crippen LogP contribution in [0.1, 0.15) is 39.7 Å². The first-order chi connectivity index (χ1) is 9.59. The first-order valence-electron chi connectivity index (χ1n) is 7.36. The van der Waals surface area contributed by atoms with Gasteiger partial charge in [0.15, 0.2) is 0 Å². The third kappa shape index (κ3) is 3.84. The quantitative estimate of drug-likeness (QED) is 0.805. The summed E-state index contributed by atoms with van der Waals surface area (Å²) >= 11 is 0. The molecule has 21 heavy (non-hydrogen) atoms. The Morgan fingerprint density at radius 2 is 1.76 bits per heavy atom. The van der Waals surface area contributed by atoms with E-state index in [1.54, 1.807) is 24.3 Å². The van der Waals surface area contributed by atoms with Gasteiger partial charge in [-0.2, -0.15) is 8.42 Å². The van der Waals surface area contributed by atoms with E-state index in [0.29, 0.717) is 12.6 Å². The van der Waals surface area contributed by atoms with Crippen molar-refractivity contribution in [1.82, 2.24) is 4.90 Å². The molecule has 1 fully saturated rings. The van der Waals surface area contributed by atoms with Gasteiger partial charge >= 0.3 is 0 Å². The fraction of sp³-hybridized carbons (Fsp3) is 0.625. The topological polar surface area (TPSA) is 46.6 Å². The van der Waals surface area contributed by atoms with Gasteiger partial charge in [0.25, 0.3) is 10.1 Å². The standard InChI is InChI=1S/C16H25NO3S/c1-12-6-8-15(9-7-12)21(18,19)20-14-10-13(2)17(11-14)16(3,4)5/h6-9,13-14H,10-11H2,1-5H3/t13-,14-/m1/s1. The molecular formula is C16H25NO3S. The third-order valence-electron chi connectivity index (χ3n) is 3.97. The molecule has 0 bridgehead atoms. The summed E-state index contributed by atoms with van der Waals surface area (Å²) in [4.78, 5) is 2.53. The molecule has 4 nitrogen and oxygen atoms in total. The fourth-order valence-corrected chi connectivity index (χ4v) is 4.00. The number of nitrogens with zero attached hydrogens (tertiary/aromatic N) is 1. The number of benzene rings is 1. The summed E-state index contributed by atoms with van der Waals surface area (Å²) in [5.74, 6) is 0. The smallest absolute Gasteiger partial charge is 0.293 e. The predicted octanol–water partition coefficient (Wildman–Crippen LogP) is 2.96. The minimum atomic E-state index is -3.68. The number of rotatable bonds is 3. The Morgan fingerprint density at radius 3 is 2.24 bits per heavy atom. The van der Waals surface area contributed by atoms with Gasteiger partial charge in [-0.15, -0.1) is 0 Å². The molecule has 1 saturated heterocycles. The van der Waals surface area contributed by atoms with Crippen molar-refractivity contribution in [1.29, 1.82) is 0 Å². The Hall–Kier alpha value is -0.910. The Morgan fingerprint density at radius 1 is 1.19 bits per heavy atom. The summed E-state index contributed by atoms with van der Waals surface area (Å²) in [7, 11) is -3.68. The molecule has 2 rings (SSSR count). The van der Waals surface area contributed by atoms with E-state index in [0.717, 1.165) is 12.0 Å². The van der Waals surface area contributed by atoms with Crippen LogP contribution in [-0.2, 0) is 14.3 Å². The molecule has 0 amide bonds. The van der Waals surface area contributed by atoms with Crippen LogP contribution in [0.25, 0.3) is 0 Å². The molecule has 0 spiro atoms. The normalized spacial score (nSPS) is 24.4. The van der Waals surface area contributed by atoms with Crippen LogP contribution in [0.2, 0.25) is 0 Å². The number of hydrogen-bond acceptors (Lipinski definition) is 4. The fourth-order valence-electron chi connectivity index (χ4n) is 2.93. The third-order valence-corrected chi connectivity index (χ3v) is 5.35. The van der Waals surface area contributed by atoms with E-state index in [1.807, 2.05) is 6.92 Å². The van der Waals surface area contributed by atoms with Crippen LogP contribution < -0.4 is 0 Å². The van der Waals surface area contributed by atoms with E-state index < -0.39 is 10.1 Å². The van der Waals surface area contributed by atoms with E-state index in [4.69, 9.17) is 4.18 Å². The Bertz CT molecular complexity index is 587. The molecule has 0 radical (unpaired) electrons. The van der Waals surface area contributed by atoms with Gasteiger partial charge in [-0.25, -0.2) is 0 Å². The van der Waals surface area contributed by atoms with Gasteiger partial charge in [0.2, 0.25) is 0 Å². The second-order valence-electron chi connectivity index (χ2n) is 6.89. The molecule has 0 saturated carbocycles. The SMILES string of the molecule is Cc1ccc(S(=O)(=O)O[C@@H]2C[C@@H](C)N(C(C)(C)C)C2)cc1. The molecule has 0 aliphatic carbocycles. The summed E-state index contributed by atoms with van der Waals surface area (Å²) in [6.45, 7) is 11.1. The zero-order valence-corrected chi connectivity index (χ0v) is 14.3. The molecule has 5 heteroatoms.